The van der Waals surface area contributed by atoms with E-state index in [1.807, 2.05) is 0 Å². The first-order chi connectivity index (χ1) is 6.59. The highest BCUT2D eigenvalue weighted by Gasteiger charge is 2.32. The molecule has 0 unspecified atom stereocenters. The molecule has 1 fully saturated rings. The molecule has 0 aliphatic carbocycles. The number of nitrogens with zero attached hydrogens (tertiary/aromatic N) is 3. The zero-order chi connectivity index (χ0) is 10.2. The first kappa shape index (κ1) is 9.67. The van der Waals surface area contributed by atoms with Crippen LogP contribution in [-0.4, -0.2) is 34.7 Å². The van der Waals surface area contributed by atoms with Gasteiger partial charge in [-0.2, -0.15) is 9.36 Å². The molecule has 5 nitrogen and oxygen atoms in total. The van der Waals surface area contributed by atoms with E-state index in [2.05, 4.69) is 28.1 Å². The van der Waals surface area contributed by atoms with Crippen molar-refractivity contribution < 1.29 is 4.74 Å². The Morgan fingerprint density at radius 1 is 1.57 bits per heavy atom. The van der Waals surface area contributed by atoms with Crippen LogP contribution in [0.5, 0.6) is 0 Å². The molecule has 0 atom stereocenters. The van der Waals surface area contributed by atoms with E-state index in [0.29, 0.717) is 12.6 Å². The molecular weight excluding hydrogens is 200 g/mol. The van der Waals surface area contributed by atoms with Gasteiger partial charge in [-0.1, -0.05) is 0 Å². The summed E-state index contributed by atoms with van der Waals surface area (Å²) in [5.74, 6) is 0.354. The van der Waals surface area contributed by atoms with Gasteiger partial charge in [-0.15, -0.1) is 0 Å². The van der Waals surface area contributed by atoms with Crippen molar-refractivity contribution in [3.8, 4) is 0 Å². The highest BCUT2D eigenvalue weighted by atomic mass is 32.1. The summed E-state index contributed by atoms with van der Waals surface area (Å²) in [6.07, 6.45) is 0. The molecule has 2 heterocycles. The van der Waals surface area contributed by atoms with Crippen molar-refractivity contribution in [2.24, 2.45) is 0 Å². The molecule has 1 aromatic rings. The molecule has 0 amide bonds. The predicted molar refractivity (Wildman–Crippen MR) is 56.6 cm³/mol. The maximum absolute atomic E-state index is 5.50. The summed E-state index contributed by atoms with van der Waals surface area (Å²) in [5, 5.41) is 0.885. The van der Waals surface area contributed by atoms with Crippen molar-refractivity contribution in [2.45, 2.75) is 19.4 Å². The first-order valence-corrected chi connectivity index (χ1v) is 5.31. The minimum absolute atomic E-state index is 0.0236. The van der Waals surface area contributed by atoms with Gasteiger partial charge in [0.1, 0.15) is 0 Å². The molecule has 0 aromatic carbocycles. The normalized spacial score (nSPS) is 21.1. The lowest BCUT2D eigenvalue weighted by molar-refractivity contribution is 0.0644. The van der Waals surface area contributed by atoms with E-state index in [-0.39, 0.29) is 5.54 Å². The molecule has 78 valence electrons. The smallest absolute Gasteiger partial charge is 0.233 e. The van der Waals surface area contributed by atoms with Gasteiger partial charge < -0.3 is 15.4 Å². The van der Waals surface area contributed by atoms with E-state index < -0.39 is 0 Å². The van der Waals surface area contributed by atoms with Crippen LogP contribution >= 0.6 is 11.5 Å². The molecule has 0 spiro atoms. The molecule has 6 heteroatoms. The fraction of sp³-hybridized carbons (Fsp3) is 0.750. The number of hydrogen-bond donors (Lipinski definition) is 1. The van der Waals surface area contributed by atoms with Gasteiger partial charge in [0.2, 0.25) is 11.1 Å². The van der Waals surface area contributed by atoms with Crippen LogP contribution in [0.15, 0.2) is 0 Å². The summed E-state index contributed by atoms with van der Waals surface area (Å²) in [7, 11) is 0. The standard InChI is InChI=1S/C8H14N4OS/c1-8(2)5-13-4-3-12(8)7-10-6(9)11-14-7/h3-5H2,1-2H3,(H2,9,11). The van der Waals surface area contributed by atoms with E-state index in [9.17, 15) is 0 Å². The second-order valence-electron chi connectivity index (χ2n) is 3.95. The van der Waals surface area contributed by atoms with Crippen LogP contribution in [0.1, 0.15) is 13.8 Å². The minimum atomic E-state index is -0.0236. The Morgan fingerprint density at radius 3 is 2.93 bits per heavy atom. The van der Waals surface area contributed by atoms with Gasteiger partial charge in [-0.3, -0.25) is 0 Å². The van der Waals surface area contributed by atoms with E-state index in [1.54, 1.807) is 0 Å². The van der Waals surface area contributed by atoms with Crippen LogP contribution < -0.4 is 10.6 Å². The number of ether oxygens (including phenoxy) is 1. The Bertz CT molecular complexity index is 325. The summed E-state index contributed by atoms with van der Waals surface area (Å²) >= 11 is 1.34. The number of aromatic nitrogens is 2. The quantitative estimate of drug-likeness (QED) is 0.747. The van der Waals surface area contributed by atoms with Crippen LogP contribution in [0.3, 0.4) is 0 Å². The second-order valence-corrected chi connectivity index (χ2v) is 4.68. The largest absolute Gasteiger partial charge is 0.377 e. The summed E-state index contributed by atoms with van der Waals surface area (Å²) in [5.41, 5.74) is 5.48. The zero-order valence-electron chi connectivity index (χ0n) is 8.36. The highest BCUT2D eigenvalue weighted by Crippen LogP contribution is 2.28. The molecule has 0 saturated carbocycles. The Morgan fingerprint density at radius 2 is 2.36 bits per heavy atom. The van der Waals surface area contributed by atoms with Crippen LogP contribution in [-0.2, 0) is 4.74 Å². The molecule has 2 N–H and O–H groups in total. The van der Waals surface area contributed by atoms with Gasteiger partial charge in [0.15, 0.2) is 0 Å². The van der Waals surface area contributed by atoms with Crippen LogP contribution in [0.25, 0.3) is 0 Å². The molecule has 14 heavy (non-hydrogen) atoms. The molecule has 1 saturated heterocycles. The Hall–Kier alpha value is -0.880. The summed E-state index contributed by atoms with van der Waals surface area (Å²) in [6, 6.07) is 0. The molecule has 0 radical (unpaired) electrons. The van der Waals surface area contributed by atoms with Gasteiger partial charge in [-0.25, -0.2) is 0 Å². The minimum Gasteiger partial charge on any atom is -0.377 e. The molecule has 1 aromatic heterocycles. The molecule has 1 aliphatic heterocycles. The number of nitrogens with two attached hydrogens (primary N) is 1. The van der Waals surface area contributed by atoms with Crippen molar-refractivity contribution in [3.63, 3.8) is 0 Å². The lowest BCUT2D eigenvalue weighted by Crippen LogP contribution is -2.53. The van der Waals surface area contributed by atoms with Crippen molar-refractivity contribution in [3.05, 3.63) is 0 Å². The Kier molecular flexibility index (Phi) is 2.32. The average Bonchev–Trinajstić information content (AvgIpc) is 2.51. The summed E-state index contributed by atoms with van der Waals surface area (Å²) in [6.45, 7) is 6.56. The van der Waals surface area contributed by atoms with Crippen molar-refractivity contribution >= 4 is 22.6 Å². The van der Waals surface area contributed by atoms with Gasteiger partial charge >= 0.3 is 0 Å². The fourth-order valence-corrected chi connectivity index (χ4v) is 2.34. The molecule has 2 rings (SSSR count). The Labute approximate surface area is 87.0 Å². The number of hydrogen-bond acceptors (Lipinski definition) is 6. The highest BCUT2D eigenvalue weighted by molar-refractivity contribution is 7.09. The van der Waals surface area contributed by atoms with Crippen molar-refractivity contribution in [2.75, 3.05) is 30.4 Å². The second kappa shape index (κ2) is 3.36. The molecular formula is C8H14N4OS. The maximum Gasteiger partial charge on any atom is 0.233 e. The van der Waals surface area contributed by atoms with Crippen LogP contribution in [0, 0.1) is 0 Å². The number of rotatable bonds is 1. The van der Waals surface area contributed by atoms with Crippen molar-refractivity contribution in [1.82, 2.24) is 9.36 Å². The number of nitrogen functional groups attached to an aromatic ring is 1. The fourth-order valence-electron chi connectivity index (χ4n) is 1.55. The van der Waals surface area contributed by atoms with E-state index in [0.717, 1.165) is 18.3 Å². The third kappa shape index (κ3) is 1.67. The van der Waals surface area contributed by atoms with Crippen LogP contribution in [0.2, 0.25) is 0 Å². The third-order valence-corrected chi connectivity index (χ3v) is 3.06. The van der Waals surface area contributed by atoms with E-state index in [4.69, 9.17) is 10.5 Å². The lowest BCUT2D eigenvalue weighted by atomic mass is 10.0. The van der Waals surface area contributed by atoms with E-state index in [1.165, 1.54) is 11.5 Å². The topological polar surface area (TPSA) is 64.3 Å². The van der Waals surface area contributed by atoms with Gasteiger partial charge in [0.25, 0.3) is 0 Å². The van der Waals surface area contributed by atoms with Gasteiger partial charge in [-0.05, 0) is 13.8 Å². The molecule has 0 bridgehead atoms. The third-order valence-electron chi connectivity index (χ3n) is 2.31. The zero-order valence-corrected chi connectivity index (χ0v) is 9.17. The van der Waals surface area contributed by atoms with Crippen molar-refractivity contribution in [1.29, 1.82) is 0 Å². The van der Waals surface area contributed by atoms with Gasteiger partial charge in [0, 0.05) is 18.1 Å². The average molecular weight is 214 g/mol. The maximum atomic E-state index is 5.50. The number of morpholine rings is 1. The number of anilines is 2. The van der Waals surface area contributed by atoms with Gasteiger partial charge in [0.05, 0.1) is 18.8 Å². The molecule has 1 aliphatic rings. The SMILES string of the molecule is CC1(C)COCCN1c1nc(N)ns1. The monoisotopic (exact) mass is 214 g/mol. The van der Waals surface area contributed by atoms with Crippen LogP contribution in [0.4, 0.5) is 11.1 Å². The first-order valence-electron chi connectivity index (χ1n) is 4.54. The van der Waals surface area contributed by atoms with E-state index >= 15 is 0 Å². The summed E-state index contributed by atoms with van der Waals surface area (Å²) < 4.78 is 9.41. The lowest BCUT2D eigenvalue weighted by Gasteiger charge is -2.41. The summed E-state index contributed by atoms with van der Waals surface area (Å²) in [4.78, 5) is 6.38. The Balaban J connectivity index is 2.23. The predicted octanol–water partition coefficient (Wildman–Crippen LogP) is 0.736.